The maximum atomic E-state index is 11.7. The van der Waals surface area contributed by atoms with Crippen LogP contribution in [0, 0.1) is 5.92 Å². The second-order valence-corrected chi connectivity index (χ2v) is 4.21. The van der Waals surface area contributed by atoms with Gasteiger partial charge in [-0.15, -0.1) is 0 Å². The minimum Gasteiger partial charge on any atom is -0.497 e. The number of benzene rings is 1. The van der Waals surface area contributed by atoms with E-state index in [1.165, 1.54) is 0 Å². The fraction of sp³-hybridized carbons (Fsp3) is 0.462. The van der Waals surface area contributed by atoms with Crippen molar-refractivity contribution in [3.05, 3.63) is 29.8 Å². The van der Waals surface area contributed by atoms with Crippen molar-refractivity contribution in [1.82, 2.24) is 5.32 Å². The second-order valence-electron chi connectivity index (χ2n) is 4.21. The fourth-order valence-electron chi connectivity index (χ4n) is 2.18. The number of carbonyl (C=O) groups excluding carboxylic acids is 1. The SMILES string of the molecule is COc1cccc([C@@H]2NCCC(=O)[C@H]2C)c1. The molecule has 0 aliphatic carbocycles. The van der Waals surface area contributed by atoms with Crippen LogP contribution < -0.4 is 10.1 Å². The Morgan fingerprint density at radius 2 is 2.25 bits per heavy atom. The molecule has 1 N–H and O–H groups in total. The van der Waals surface area contributed by atoms with Crippen molar-refractivity contribution in [2.24, 2.45) is 5.92 Å². The van der Waals surface area contributed by atoms with E-state index in [0.717, 1.165) is 17.9 Å². The molecule has 1 aliphatic rings. The van der Waals surface area contributed by atoms with Crippen LogP contribution >= 0.6 is 0 Å². The summed E-state index contributed by atoms with van der Waals surface area (Å²) in [6.07, 6.45) is 0.641. The summed E-state index contributed by atoms with van der Waals surface area (Å²) in [5.74, 6) is 1.22. The standard InChI is InChI=1S/C13H17NO2/c1-9-12(15)6-7-14-13(9)10-4-3-5-11(8-10)16-2/h3-5,8-9,13-14H,6-7H2,1-2H3/t9-,13-/m1/s1. The smallest absolute Gasteiger partial charge is 0.138 e. The molecule has 1 fully saturated rings. The van der Waals surface area contributed by atoms with Gasteiger partial charge in [-0.2, -0.15) is 0 Å². The number of ether oxygens (including phenoxy) is 1. The molecule has 1 aromatic carbocycles. The molecule has 0 radical (unpaired) electrons. The number of hydrogen-bond acceptors (Lipinski definition) is 3. The van der Waals surface area contributed by atoms with Crippen LogP contribution in [0.2, 0.25) is 0 Å². The molecule has 1 saturated heterocycles. The lowest BCUT2D eigenvalue weighted by atomic mass is 9.87. The highest BCUT2D eigenvalue weighted by Crippen LogP contribution is 2.28. The van der Waals surface area contributed by atoms with E-state index in [4.69, 9.17) is 4.74 Å². The highest BCUT2D eigenvalue weighted by atomic mass is 16.5. The Labute approximate surface area is 95.8 Å². The fourth-order valence-corrected chi connectivity index (χ4v) is 2.18. The van der Waals surface area contributed by atoms with E-state index >= 15 is 0 Å². The first kappa shape index (κ1) is 11.1. The van der Waals surface area contributed by atoms with E-state index in [2.05, 4.69) is 5.32 Å². The Hall–Kier alpha value is -1.35. The van der Waals surface area contributed by atoms with Gasteiger partial charge in [0.25, 0.3) is 0 Å². The first-order valence-corrected chi connectivity index (χ1v) is 5.62. The van der Waals surface area contributed by atoms with Crippen LogP contribution in [0.3, 0.4) is 0 Å². The molecule has 0 unspecified atom stereocenters. The average Bonchev–Trinajstić information content (AvgIpc) is 2.33. The Bertz CT molecular complexity index is 389. The van der Waals surface area contributed by atoms with E-state index in [1.54, 1.807) is 7.11 Å². The van der Waals surface area contributed by atoms with Crippen molar-refractivity contribution in [3.63, 3.8) is 0 Å². The predicted octanol–water partition coefficient (Wildman–Crippen LogP) is 1.93. The van der Waals surface area contributed by atoms with Crippen LogP contribution in [0.1, 0.15) is 24.9 Å². The zero-order valence-electron chi connectivity index (χ0n) is 9.69. The van der Waals surface area contributed by atoms with E-state index in [-0.39, 0.29) is 12.0 Å². The van der Waals surface area contributed by atoms with Crippen molar-refractivity contribution in [1.29, 1.82) is 0 Å². The Morgan fingerprint density at radius 1 is 1.44 bits per heavy atom. The predicted molar refractivity (Wildman–Crippen MR) is 62.5 cm³/mol. The van der Waals surface area contributed by atoms with Gasteiger partial charge in [0, 0.05) is 24.9 Å². The summed E-state index contributed by atoms with van der Waals surface area (Å²) < 4.78 is 5.20. The highest BCUT2D eigenvalue weighted by molar-refractivity contribution is 5.82. The summed E-state index contributed by atoms with van der Waals surface area (Å²) in [5.41, 5.74) is 1.12. The zero-order chi connectivity index (χ0) is 11.5. The van der Waals surface area contributed by atoms with Gasteiger partial charge in [-0.25, -0.2) is 0 Å². The molecule has 0 spiro atoms. The summed E-state index contributed by atoms with van der Waals surface area (Å²) in [6, 6.07) is 8.03. The molecule has 0 saturated carbocycles. The number of carbonyl (C=O) groups is 1. The minimum absolute atomic E-state index is 0.0425. The quantitative estimate of drug-likeness (QED) is 0.826. The molecule has 2 rings (SSSR count). The molecule has 16 heavy (non-hydrogen) atoms. The van der Waals surface area contributed by atoms with Crippen LogP contribution in [-0.4, -0.2) is 19.4 Å². The molecule has 3 heteroatoms. The molecular weight excluding hydrogens is 202 g/mol. The molecule has 0 amide bonds. The first-order valence-electron chi connectivity index (χ1n) is 5.62. The van der Waals surface area contributed by atoms with Crippen molar-refractivity contribution in [3.8, 4) is 5.75 Å². The Kier molecular flexibility index (Phi) is 3.25. The largest absolute Gasteiger partial charge is 0.497 e. The number of Topliss-reactive ketones (excluding diaryl/α,β-unsaturated/α-hetero) is 1. The molecule has 2 atom stereocenters. The number of piperidine rings is 1. The van der Waals surface area contributed by atoms with E-state index in [1.807, 2.05) is 31.2 Å². The maximum Gasteiger partial charge on any atom is 0.138 e. The Morgan fingerprint density at radius 3 is 3.00 bits per heavy atom. The monoisotopic (exact) mass is 219 g/mol. The van der Waals surface area contributed by atoms with Gasteiger partial charge in [0.05, 0.1) is 7.11 Å². The summed E-state index contributed by atoms with van der Waals surface area (Å²) in [4.78, 5) is 11.7. The molecule has 1 aliphatic heterocycles. The number of methoxy groups -OCH3 is 1. The van der Waals surface area contributed by atoms with Crippen molar-refractivity contribution in [2.75, 3.05) is 13.7 Å². The van der Waals surface area contributed by atoms with Crippen LogP contribution in [0.5, 0.6) is 5.75 Å². The molecule has 3 nitrogen and oxygen atoms in total. The van der Waals surface area contributed by atoms with E-state index in [9.17, 15) is 4.79 Å². The number of rotatable bonds is 2. The molecule has 86 valence electrons. The van der Waals surface area contributed by atoms with Gasteiger partial charge in [0.2, 0.25) is 0 Å². The van der Waals surface area contributed by atoms with Crippen molar-refractivity contribution < 1.29 is 9.53 Å². The lowest BCUT2D eigenvalue weighted by Gasteiger charge is -2.29. The van der Waals surface area contributed by atoms with Gasteiger partial charge in [-0.1, -0.05) is 19.1 Å². The van der Waals surface area contributed by atoms with Crippen LogP contribution in [0.4, 0.5) is 0 Å². The van der Waals surface area contributed by atoms with Gasteiger partial charge in [0.15, 0.2) is 0 Å². The summed E-state index contributed by atoms with van der Waals surface area (Å²) in [6.45, 7) is 2.75. The lowest BCUT2D eigenvalue weighted by Crippen LogP contribution is -2.38. The van der Waals surface area contributed by atoms with Crippen molar-refractivity contribution >= 4 is 5.78 Å². The topological polar surface area (TPSA) is 38.3 Å². The normalized spacial score (nSPS) is 25.5. The van der Waals surface area contributed by atoms with Crippen LogP contribution in [0.15, 0.2) is 24.3 Å². The molecule has 0 aromatic heterocycles. The third-order valence-electron chi connectivity index (χ3n) is 3.20. The molecule has 0 bridgehead atoms. The molecule has 1 heterocycles. The van der Waals surface area contributed by atoms with E-state index < -0.39 is 0 Å². The number of nitrogens with one attached hydrogen (secondary N) is 1. The number of hydrogen-bond donors (Lipinski definition) is 1. The maximum absolute atomic E-state index is 11.7. The molecular formula is C13H17NO2. The average molecular weight is 219 g/mol. The summed E-state index contributed by atoms with van der Waals surface area (Å²) in [5, 5.41) is 3.39. The van der Waals surface area contributed by atoms with Gasteiger partial charge >= 0.3 is 0 Å². The van der Waals surface area contributed by atoms with E-state index in [0.29, 0.717) is 12.2 Å². The van der Waals surface area contributed by atoms with Gasteiger partial charge in [-0.05, 0) is 17.7 Å². The van der Waals surface area contributed by atoms with Gasteiger partial charge in [0.1, 0.15) is 11.5 Å². The Balaban J connectivity index is 2.25. The third kappa shape index (κ3) is 2.09. The third-order valence-corrected chi connectivity index (χ3v) is 3.20. The van der Waals surface area contributed by atoms with Crippen LogP contribution in [-0.2, 0) is 4.79 Å². The zero-order valence-corrected chi connectivity index (χ0v) is 9.69. The van der Waals surface area contributed by atoms with Gasteiger partial charge in [-0.3, -0.25) is 4.79 Å². The highest BCUT2D eigenvalue weighted by Gasteiger charge is 2.28. The van der Waals surface area contributed by atoms with Crippen LogP contribution in [0.25, 0.3) is 0 Å². The molecule has 1 aromatic rings. The van der Waals surface area contributed by atoms with Gasteiger partial charge < -0.3 is 10.1 Å². The second kappa shape index (κ2) is 4.66. The number of ketones is 1. The first-order chi connectivity index (χ1) is 7.72. The lowest BCUT2D eigenvalue weighted by molar-refractivity contribution is -0.124. The summed E-state index contributed by atoms with van der Waals surface area (Å²) in [7, 11) is 1.65. The minimum atomic E-state index is 0.0425. The van der Waals surface area contributed by atoms with Crippen molar-refractivity contribution in [2.45, 2.75) is 19.4 Å². The summed E-state index contributed by atoms with van der Waals surface area (Å²) >= 11 is 0.